The number of hydrogen-bond donors (Lipinski definition) is 3. The van der Waals surface area contributed by atoms with Gasteiger partial charge in [0, 0.05) is 12.3 Å². The fourth-order valence-corrected chi connectivity index (χ4v) is 1.92. The third kappa shape index (κ3) is 2.90. The van der Waals surface area contributed by atoms with E-state index >= 15 is 0 Å². The zero-order valence-electron chi connectivity index (χ0n) is 11.0. The summed E-state index contributed by atoms with van der Waals surface area (Å²) in [6.07, 6.45) is 2.48. The van der Waals surface area contributed by atoms with Crippen LogP contribution in [0, 0.1) is 6.92 Å². The molecule has 0 aliphatic heterocycles. The Morgan fingerprint density at radius 3 is 2.95 bits per heavy atom. The molecule has 0 saturated heterocycles. The highest BCUT2D eigenvalue weighted by Gasteiger charge is 2.17. The molecule has 2 aromatic heterocycles. The molecular formula is C13H17N5O. The van der Waals surface area contributed by atoms with Crippen molar-refractivity contribution >= 4 is 11.7 Å². The number of carbonyl (C=O) groups is 1. The van der Waals surface area contributed by atoms with Crippen LogP contribution in [0.15, 0.2) is 24.4 Å². The number of aromatic amines is 1. The number of nitrogen functional groups attached to an aromatic ring is 1. The summed E-state index contributed by atoms with van der Waals surface area (Å²) in [6, 6.07) is 5.24. The van der Waals surface area contributed by atoms with Gasteiger partial charge in [-0.05, 0) is 25.0 Å². The van der Waals surface area contributed by atoms with Crippen LogP contribution in [0.2, 0.25) is 0 Å². The standard InChI is InChI=1S/C13H17N5O/c1-3-9(12-8(2)5-4-6-15-12)16-13(19)10-7-11(14)18-17-10/h4-7,9H,3H2,1-2H3,(H,16,19)(H3,14,17,18)/t9-/m0/s1. The molecule has 100 valence electrons. The monoisotopic (exact) mass is 259 g/mol. The van der Waals surface area contributed by atoms with E-state index in [9.17, 15) is 4.79 Å². The lowest BCUT2D eigenvalue weighted by molar-refractivity contribution is 0.0929. The molecule has 6 heteroatoms. The first kappa shape index (κ1) is 13.1. The summed E-state index contributed by atoms with van der Waals surface area (Å²) < 4.78 is 0. The fourth-order valence-electron chi connectivity index (χ4n) is 1.92. The molecule has 6 nitrogen and oxygen atoms in total. The molecule has 0 saturated carbocycles. The van der Waals surface area contributed by atoms with Gasteiger partial charge in [-0.2, -0.15) is 5.10 Å². The number of nitrogens with two attached hydrogens (primary N) is 1. The largest absolute Gasteiger partial charge is 0.382 e. The van der Waals surface area contributed by atoms with E-state index in [2.05, 4.69) is 20.5 Å². The predicted octanol–water partition coefficient (Wildman–Crippen LogP) is 1.58. The van der Waals surface area contributed by atoms with E-state index in [-0.39, 0.29) is 11.9 Å². The predicted molar refractivity (Wildman–Crippen MR) is 72.5 cm³/mol. The number of hydrogen-bond acceptors (Lipinski definition) is 4. The lowest BCUT2D eigenvalue weighted by Gasteiger charge is -2.17. The number of carbonyl (C=O) groups excluding carboxylic acids is 1. The first-order chi connectivity index (χ1) is 9.11. The zero-order valence-corrected chi connectivity index (χ0v) is 11.0. The molecule has 0 fully saturated rings. The molecule has 2 heterocycles. The van der Waals surface area contributed by atoms with Gasteiger partial charge in [-0.15, -0.1) is 0 Å². The minimum atomic E-state index is -0.235. The quantitative estimate of drug-likeness (QED) is 0.776. The lowest BCUT2D eigenvalue weighted by Crippen LogP contribution is -2.29. The highest BCUT2D eigenvalue weighted by atomic mass is 16.2. The van der Waals surface area contributed by atoms with Gasteiger partial charge in [-0.3, -0.25) is 14.9 Å². The maximum Gasteiger partial charge on any atom is 0.269 e. The Balaban J connectivity index is 2.16. The maximum atomic E-state index is 12.0. The van der Waals surface area contributed by atoms with Gasteiger partial charge in [0.1, 0.15) is 11.5 Å². The average molecular weight is 259 g/mol. The van der Waals surface area contributed by atoms with Crippen LogP contribution in [-0.4, -0.2) is 21.1 Å². The van der Waals surface area contributed by atoms with Crippen molar-refractivity contribution < 1.29 is 4.79 Å². The molecule has 0 spiro atoms. The number of anilines is 1. The molecule has 4 N–H and O–H groups in total. The topological polar surface area (TPSA) is 96.7 Å². The normalized spacial score (nSPS) is 12.1. The van der Waals surface area contributed by atoms with Gasteiger partial charge in [0.15, 0.2) is 0 Å². The minimum absolute atomic E-state index is 0.127. The Morgan fingerprint density at radius 1 is 1.58 bits per heavy atom. The number of nitrogens with one attached hydrogen (secondary N) is 2. The third-order valence-corrected chi connectivity index (χ3v) is 2.94. The maximum absolute atomic E-state index is 12.0. The molecule has 2 aromatic rings. The SMILES string of the molecule is CC[C@H](NC(=O)c1cc(N)n[nH]1)c1ncccc1C. The van der Waals surface area contributed by atoms with Crippen molar-refractivity contribution in [3.05, 3.63) is 41.3 Å². The molecule has 0 aliphatic rings. The minimum Gasteiger partial charge on any atom is -0.382 e. The number of aryl methyl sites for hydroxylation is 1. The van der Waals surface area contributed by atoms with Crippen LogP contribution >= 0.6 is 0 Å². The number of amides is 1. The summed E-state index contributed by atoms with van der Waals surface area (Å²) in [4.78, 5) is 16.4. The number of nitrogens with zero attached hydrogens (tertiary/aromatic N) is 2. The van der Waals surface area contributed by atoms with Gasteiger partial charge in [-0.25, -0.2) is 0 Å². The van der Waals surface area contributed by atoms with Crippen LogP contribution in [0.5, 0.6) is 0 Å². The van der Waals surface area contributed by atoms with Crippen LogP contribution in [0.4, 0.5) is 5.82 Å². The first-order valence-corrected chi connectivity index (χ1v) is 6.15. The van der Waals surface area contributed by atoms with Gasteiger partial charge < -0.3 is 11.1 Å². The van der Waals surface area contributed by atoms with Crippen LogP contribution in [-0.2, 0) is 0 Å². The Bertz CT molecular complexity index is 578. The summed E-state index contributed by atoms with van der Waals surface area (Å²) in [7, 11) is 0. The highest BCUT2D eigenvalue weighted by Crippen LogP contribution is 2.18. The Kier molecular flexibility index (Phi) is 3.79. The fraction of sp³-hybridized carbons (Fsp3) is 0.308. The van der Waals surface area contributed by atoms with E-state index in [1.54, 1.807) is 6.20 Å². The summed E-state index contributed by atoms with van der Waals surface area (Å²) in [5, 5.41) is 9.26. The van der Waals surface area contributed by atoms with Crippen LogP contribution in [0.1, 0.15) is 41.1 Å². The number of rotatable bonds is 4. The lowest BCUT2D eigenvalue weighted by atomic mass is 10.1. The summed E-state index contributed by atoms with van der Waals surface area (Å²) in [5.74, 6) is 0.0633. The summed E-state index contributed by atoms with van der Waals surface area (Å²) in [6.45, 7) is 3.98. The smallest absolute Gasteiger partial charge is 0.269 e. The van der Waals surface area contributed by atoms with E-state index in [4.69, 9.17) is 5.73 Å². The van der Waals surface area contributed by atoms with Gasteiger partial charge in [0.05, 0.1) is 11.7 Å². The zero-order chi connectivity index (χ0) is 13.8. The van der Waals surface area contributed by atoms with E-state index < -0.39 is 0 Å². The average Bonchev–Trinajstić information content (AvgIpc) is 2.83. The van der Waals surface area contributed by atoms with Crippen molar-refractivity contribution in [2.45, 2.75) is 26.3 Å². The van der Waals surface area contributed by atoms with E-state index in [0.717, 1.165) is 17.7 Å². The Morgan fingerprint density at radius 2 is 2.37 bits per heavy atom. The summed E-state index contributed by atoms with van der Waals surface area (Å²) in [5.41, 5.74) is 7.77. The molecule has 0 unspecified atom stereocenters. The van der Waals surface area contributed by atoms with Crippen molar-refractivity contribution in [1.82, 2.24) is 20.5 Å². The van der Waals surface area contributed by atoms with E-state index in [1.807, 2.05) is 26.0 Å². The van der Waals surface area contributed by atoms with E-state index in [1.165, 1.54) is 6.07 Å². The van der Waals surface area contributed by atoms with Crippen molar-refractivity contribution in [2.75, 3.05) is 5.73 Å². The Hall–Kier alpha value is -2.37. The third-order valence-electron chi connectivity index (χ3n) is 2.94. The second-order valence-corrected chi connectivity index (χ2v) is 4.35. The number of aromatic nitrogens is 3. The molecule has 19 heavy (non-hydrogen) atoms. The van der Waals surface area contributed by atoms with Crippen molar-refractivity contribution in [3.8, 4) is 0 Å². The van der Waals surface area contributed by atoms with Gasteiger partial charge in [0.2, 0.25) is 0 Å². The Labute approximate surface area is 111 Å². The van der Waals surface area contributed by atoms with Crippen molar-refractivity contribution in [3.63, 3.8) is 0 Å². The molecule has 1 atom stereocenters. The van der Waals surface area contributed by atoms with E-state index in [0.29, 0.717) is 11.5 Å². The first-order valence-electron chi connectivity index (χ1n) is 6.15. The van der Waals surface area contributed by atoms with Gasteiger partial charge in [0.25, 0.3) is 5.91 Å². The highest BCUT2D eigenvalue weighted by molar-refractivity contribution is 5.93. The van der Waals surface area contributed by atoms with Crippen molar-refractivity contribution in [2.24, 2.45) is 0 Å². The van der Waals surface area contributed by atoms with Crippen LogP contribution in [0.25, 0.3) is 0 Å². The molecule has 1 amide bonds. The molecule has 0 aromatic carbocycles. The number of H-pyrrole nitrogens is 1. The molecule has 2 rings (SSSR count). The van der Waals surface area contributed by atoms with Gasteiger partial charge in [-0.1, -0.05) is 13.0 Å². The molecule has 0 radical (unpaired) electrons. The van der Waals surface area contributed by atoms with Crippen molar-refractivity contribution in [1.29, 1.82) is 0 Å². The second-order valence-electron chi connectivity index (χ2n) is 4.35. The van der Waals surface area contributed by atoms with Crippen LogP contribution < -0.4 is 11.1 Å². The molecule has 0 aliphatic carbocycles. The molecular weight excluding hydrogens is 242 g/mol. The van der Waals surface area contributed by atoms with Gasteiger partial charge >= 0.3 is 0 Å². The van der Waals surface area contributed by atoms with Crippen LogP contribution in [0.3, 0.4) is 0 Å². The second kappa shape index (κ2) is 5.51. The molecule has 0 bridgehead atoms. The summed E-state index contributed by atoms with van der Waals surface area (Å²) >= 11 is 0. The number of pyridine rings is 1.